The van der Waals surface area contributed by atoms with Crippen molar-refractivity contribution in [3.63, 3.8) is 0 Å². The fourth-order valence-corrected chi connectivity index (χ4v) is 2.76. The number of hydrogen-bond acceptors (Lipinski definition) is 8. The van der Waals surface area contributed by atoms with Gasteiger partial charge in [0, 0.05) is 0 Å². The Balaban J connectivity index is 1.67. The van der Waals surface area contributed by atoms with Crippen LogP contribution in [0, 0.1) is 17.0 Å². The molecule has 9 nitrogen and oxygen atoms in total. The highest BCUT2D eigenvalue weighted by Gasteiger charge is 2.17. The van der Waals surface area contributed by atoms with E-state index in [4.69, 9.17) is 9.47 Å². The smallest absolute Gasteiger partial charge is 0.465 e. The number of fused-ring (bicyclic) bond motifs is 1. The molecular weight excluding hydrogens is 394 g/mol. The summed E-state index contributed by atoms with van der Waals surface area (Å²) in [6, 6.07) is 12.1. The van der Waals surface area contributed by atoms with Crippen molar-refractivity contribution in [2.24, 2.45) is 0 Å². The average Bonchev–Trinajstić information content (AvgIpc) is 2.68. The molecule has 2 rings (SSSR count). The first kappa shape index (κ1) is 22.9. The van der Waals surface area contributed by atoms with Crippen molar-refractivity contribution in [1.29, 1.82) is 0 Å². The molecule has 0 aliphatic heterocycles. The summed E-state index contributed by atoms with van der Waals surface area (Å²) >= 11 is 0. The summed E-state index contributed by atoms with van der Waals surface area (Å²) in [7, 11) is 0. The normalized spacial score (nSPS) is 12.6. The standard InChI is InChI=1S/C21H25NO8/c1-14-6-7-19-13-17(8-9-18(19)12-14)15(2)20(23)27-10-4-5-11-28-21(24)29-16(3)30-22(25)26/h6-9,12-13,15-16H,4-5,10-11H2,1-3H3/t15-,16?/m0/s1. The number of aryl methyl sites for hydroxylation is 1. The molecule has 162 valence electrons. The van der Waals surface area contributed by atoms with Crippen LogP contribution in [0.1, 0.15) is 43.7 Å². The lowest BCUT2D eigenvalue weighted by atomic mass is 9.97. The average molecular weight is 419 g/mol. The Labute approximate surface area is 174 Å². The van der Waals surface area contributed by atoms with Crippen LogP contribution in [-0.4, -0.2) is 36.7 Å². The maximum Gasteiger partial charge on any atom is 0.510 e. The summed E-state index contributed by atoms with van der Waals surface area (Å²) in [5, 5.41) is 11.2. The molecule has 0 spiro atoms. The minimum Gasteiger partial charge on any atom is -0.465 e. The van der Waals surface area contributed by atoms with Crippen LogP contribution in [0.5, 0.6) is 0 Å². The van der Waals surface area contributed by atoms with E-state index in [9.17, 15) is 19.7 Å². The molecule has 2 atom stereocenters. The van der Waals surface area contributed by atoms with Gasteiger partial charge in [-0.1, -0.05) is 42.0 Å². The molecule has 2 aromatic rings. The van der Waals surface area contributed by atoms with Crippen LogP contribution in [0.4, 0.5) is 4.79 Å². The van der Waals surface area contributed by atoms with E-state index in [1.807, 2.05) is 37.3 Å². The molecule has 0 fully saturated rings. The van der Waals surface area contributed by atoms with Crippen LogP contribution in [0.25, 0.3) is 10.8 Å². The lowest BCUT2D eigenvalue weighted by molar-refractivity contribution is -0.777. The van der Waals surface area contributed by atoms with Gasteiger partial charge in [-0.3, -0.25) is 9.63 Å². The second kappa shape index (κ2) is 11.0. The quantitative estimate of drug-likeness (QED) is 0.184. The van der Waals surface area contributed by atoms with Crippen molar-refractivity contribution in [1.82, 2.24) is 0 Å². The summed E-state index contributed by atoms with van der Waals surface area (Å²) in [6.45, 7) is 5.25. The molecule has 0 N–H and O–H groups in total. The van der Waals surface area contributed by atoms with Crippen LogP contribution in [0.3, 0.4) is 0 Å². The zero-order valence-electron chi connectivity index (χ0n) is 17.2. The van der Waals surface area contributed by atoms with E-state index in [0.29, 0.717) is 12.8 Å². The number of esters is 1. The number of nitrogens with zero attached hydrogens (tertiary/aromatic N) is 1. The largest absolute Gasteiger partial charge is 0.510 e. The van der Waals surface area contributed by atoms with Crippen LogP contribution in [-0.2, 0) is 23.8 Å². The Morgan fingerprint density at radius 1 is 1.00 bits per heavy atom. The molecule has 0 amide bonds. The van der Waals surface area contributed by atoms with E-state index in [1.165, 1.54) is 12.5 Å². The topological polar surface area (TPSA) is 114 Å². The Hall–Kier alpha value is -3.36. The number of ether oxygens (including phenoxy) is 3. The summed E-state index contributed by atoms with van der Waals surface area (Å²) in [5.74, 6) is -0.724. The third-order valence-electron chi connectivity index (χ3n) is 4.37. The Morgan fingerprint density at radius 2 is 1.63 bits per heavy atom. The maximum atomic E-state index is 12.3. The Kier molecular flexibility index (Phi) is 8.40. The van der Waals surface area contributed by atoms with Gasteiger partial charge in [-0.2, -0.15) is 0 Å². The number of unbranched alkanes of at least 4 members (excludes halogenated alkanes) is 1. The van der Waals surface area contributed by atoms with E-state index >= 15 is 0 Å². The van der Waals surface area contributed by atoms with Crippen molar-refractivity contribution in [3.8, 4) is 0 Å². The predicted molar refractivity (Wildman–Crippen MR) is 107 cm³/mol. The lowest BCUT2D eigenvalue weighted by Gasteiger charge is -2.13. The lowest BCUT2D eigenvalue weighted by Crippen LogP contribution is -2.22. The van der Waals surface area contributed by atoms with Crippen molar-refractivity contribution in [2.45, 2.75) is 45.8 Å². The SMILES string of the molecule is Cc1ccc2cc([C@H](C)C(=O)OCCCCOC(=O)OC(C)O[N+](=O)[O-])ccc2c1. The van der Waals surface area contributed by atoms with Gasteiger partial charge in [0.15, 0.2) is 0 Å². The molecule has 9 heteroatoms. The highest BCUT2D eigenvalue weighted by atomic mass is 17.0. The minimum absolute atomic E-state index is 0.0290. The van der Waals surface area contributed by atoms with E-state index in [1.54, 1.807) is 6.92 Å². The second-order valence-electron chi connectivity index (χ2n) is 6.82. The predicted octanol–water partition coefficient (Wildman–Crippen LogP) is 4.28. The molecule has 0 aliphatic rings. The zero-order chi connectivity index (χ0) is 22.1. The third-order valence-corrected chi connectivity index (χ3v) is 4.37. The van der Waals surface area contributed by atoms with Crippen molar-refractivity contribution < 1.29 is 33.7 Å². The molecular formula is C21H25NO8. The summed E-state index contributed by atoms with van der Waals surface area (Å²) in [4.78, 5) is 37.7. The van der Waals surface area contributed by atoms with Gasteiger partial charge in [-0.15, -0.1) is 10.1 Å². The first-order chi connectivity index (χ1) is 14.3. The molecule has 0 aliphatic carbocycles. The van der Waals surface area contributed by atoms with Crippen LogP contribution in [0.2, 0.25) is 0 Å². The van der Waals surface area contributed by atoms with Gasteiger partial charge in [0.25, 0.3) is 5.09 Å². The van der Waals surface area contributed by atoms with Crippen molar-refractivity contribution in [2.75, 3.05) is 13.2 Å². The molecule has 0 bridgehead atoms. The molecule has 0 saturated carbocycles. The van der Waals surface area contributed by atoms with E-state index in [0.717, 1.165) is 16.3 Å². The number of carbonyl (C=O) groups is 2. The minimum atomic E-state index is -1.35. The molecule has 1 unspecified atom stereocenters. The Morgan fingerprint density at radius 3 is 2.33 bits per heavy atom. The van der Waals surface area contributed by atoms with Crippen LogP contribution in [0.15, 0.2) is 36.4 Å². The third kappa shape index (κ3) is 7.23. The van der Waals surface area contributed by atoms with Gasteiger partial charge in [0.1, 0.15) is 0 Å². The first-order valence-corrected chi connectivity index (χ1v) is 9.58. The maximum absolute atomic E-state index is 12.3. The van der Waals surface area contributed by atoms with Crippen molar-refractivity contribution in [3.05, 3.63) is 57.6 Å². The molecule has 0 radical (unpaired) electrons. The monoisotopic (exact) mass is 419 g/mol. The molecule has 2 aromatic carbocycles. The van der Waals surface area contributed by atoms with E-state index in [-0.39, 0.29) is 19.2 Å². The van der Waals surface area contributed by atoms with E-state index in [2.05, 4.69) is 15.6 Å². The van der Waals surface area contributed by atoms with Gasteiger partial charge in [-0.25, -0.2) is 4.79 Å². The second-order valence-corrected chi connectivity index (χ2v) is 6.82. The van der Waals surface area contributed by atoms with Crippen LogP contribution < -0.4 is 0 Å². The first-order valence-electron chi connectivity index (χ1n) is 9.58. The fraction of sp³-hybridized carbons (Fsp3) is 0.429. The number of benzene rings is 2. The molecule has 0 aromatic heterocycles. The Bertz CT molecular complexity index is 898. The van der Waals surface area contributed by atoms with Gasteiger partial charge < -0.3 is 14.2 Å². The van der Waals surface area contributed by atoms with Gasteiger partial charge in [-0.05, 0) is 49.9 Å². The van der Waals surface area contributed by atoms with E-state index < -0.39 is 23.4 Å². The number of rotatable bonds is 10. The molecule has 0 saturated heterocycles. The highest BCUT2D eigenvalue weighted by Crippen LogP contribution is 2.23. The summed E-state index contributed by atoms with van der Waals surface area (Å²) < 4.78 is 14.6. The number of carbonyl (C=O) groups excluding carboxylic acids is 2. The van der Waals surface area contributed by atoms with Gasteiger partial charge in [0.05, 0.1) is 19.1 Å². The highest BCUT2D eigenvalue weighted by molar-refractivity contribution is 5.86. The summed E-state index contributed by atoms with van der Waals surface area (Å²) in [5.41, 5.74) is 2.06. The summed E-state index contributed by atoms with van der Waals surface area (Å²) in [6.07, 6.45) is -1.49. The van der Waals surface area contributed by atoms with Gasteiger partial charge >= 0.3 is 12.1 Å². The zero-order valence-corrected chi connectivity index (χ0v) is 17.2. The number of hydrogen-bond donors (Lipinski definition) is 0. The van der Waals surface area contributed by atoms with Gasteiger partial charge in [0.2, 0.25) is 6.29 Å². The fourth-order valence-electron chi connectivity index (χ4n) is 2.76. The van der Waals surface area contributed by atoms with Crippen molar-refractivity contribution >= 4 is 22.9 Å². The molecule has 0 heterocycles. The van der Waals surface area contributed by atoms with Crippen LogP contribution >= 0.6 is 0 Å². The molecule has 30 heavy (non-hydrogen) atoms.